The summed E-state index contributed by atoms with van der Waals surface area (Å²) in [6.07, 6.45) is 1.95. The van der Waals surface area contributed by atoms with Crippen LogP contribution in [0, 0.1) is 0 Å². The molecule has 2 aromatic carbocycles. The zero-order valence-corrected chi connectivity index (χ0v) is 19.6. The summed E-state index contributed by atoms with van der Waals surface area (Å²) in [5.74, 6) is 0.581. The highest BCUT2D eigenvalue weighted by Gasteiger charge is 2.37. The van der Waals surface area contributed by atoms with E-state index in [4.69, 9.17) is 14.2 Å². The minimum Gasteiger partial charge on any atom is -0.504 e. The normalized spacial score (nSPS) is 23.0. The van der Waals surface area contributed by atoms with Gasteiger partial charge < -0.3 is 29.5 Å². The lowest BCUT2D eigenvalue weighted by atomic mass is 9.95. The van der Waals surface area contributed by atoms with Crippen LogP contribution in [0.25, 0.3) is 11.6 Å². The van der Waals surface area contributed by atoms with E-state index in [1.165, 1.54) is 0 Å². The van der Waals surface area contributed by atoms with Crippen molar-refractivity contribution in [3.63, 3.8) is 0 Å². The molecule has 3 N–H and O–H groups in total. The topological polar surface area (TPSA) is 105 Å². The second-order valence-corrected chi connectivity index (χ2v) is 10.2. The quantitative estimate of drug-likeness (QED) is 0.593. The van der Waals surface area contributed by atoms with Crippen LogP contribution >= 0.6 is 0 Å². The van der Waals surface area contributed by atoms with E-state index in [1.807, 2.05) is 12.1 Å². The zero-order chi connectivity index (χ0) is 24.4. The molecule has 0 saturated carbocycles. The number of ether oxygens (including phenoxy) is 3. The number of benzene rings is 2. The minimum absolute atomic E-state index is 0.0732. The number of rotatable bonds is 4. The summed E-state index contributed by atoms with van der Waals surface area (Å²) in [5.41, 5.74) is 1.18. The standard InChI is InChI=1S/C27H28O7/c1-26(2,30)21-12-16-9-14(5-7-18(16)32-21)10-20-24(28)23(25(29)34-20)15-6-8-19-17(11-15)13-22(33-19)27(3,4)31/h5-11,21-22,28,30-31H,12-13H2,1-4H3/b20-10-/t21-,22?/m0/s1. The number of carbonyl (C=O) groups is 1. The Bertz CT molecular complexity index is 1240. The fourth-order valence-electron chi connectivity index (χ4n) is 4.47. The molecule has 7 heteroatoms. The van der Waals surface area contributed by atoms with E-state index in [-0.39, 0.29) is 29.3 Å². The smallest absolute Gasteiger partial charge is 0.348 e. The van der Waals surface area contributed by atoms with Gasteiger partial charge in [-0.3, -0.25) is 0 Å². The Labute approximate surface area is 197 Å². The van der Waals surface area contributed by atoms with Gasteiger partial charge in [0, 0.05) is 12.8 Å². The highest BCUT2D eigenvalue weighted by molar-refractivity contribution is 6.21. The lowest BCUT2D eigenvalue weighted by Gasteiger charge is -2.24. The Balaban J connectivity index is 1.42. The van der Waals surface area contributed by atoms with E-state index in [2.05, 4.69) is 0 Å². The molecular formula is C27H28O7. The van der Waals surface area contributed by atoms with Gasteiger partial charge in [-0.15, -0.1) is 0 Å². The maximum absolute atomic E-state index is 12.7. The van der Waals surface area contributed by atoms with E-state index in [0.717, 1.165) is 16.7 Å². The molecule has 2 atom stereocenters. The number of hydrogen-bond donors (Lipinski definition) is 3. The maximum atomic E-state index is 12.7. The molecule has 3 heterocycles. The van der Waals surface area contributed by atoms with Gasteiger partial charge >= 0.3 is 5.97 Å². The first-order chi connectivity index (χ1) is 15.9. The molecule has 178 valence electrons. The molecule has 0 aliphatic carbocycles. The third-order valence-corrected chi connectivity index (χ3v) is 6.53. The van der Waals surface area contributed by atoms with Crippen molar-refractivity contribution >= 4 is 17.6 Å². The maximum Gasteiger partial charge on any atom is 0.348 e. The molecule has 0 saturated heterocycles. The Kier molecular flexibility index (Phi) is 5.04. The highest BCUT2D eigenvalue weighted by Crippen LogP contribution is 2.39. The molecule has 7 nitrogen and oxygen atoms in total. The van der Waals surface area contributed by atoms with Crippen LogP contribution < -0.4 is 9.47 Å². The van der Waals surface area contributed by atoms with Crippen LogP contribution in [0.4, 0.5) is 0 Å². The molecule has 0 aromatic heterocycles. The highest BCUT2D eigenvalue weighted by atomic mass is 16.6. The average molecular weight is 465 g/mol. The van der Waals surface area contributed by atoms with E-state index in [1.54, 1.807) is 58.0 Å². The van der Waals surface area contributed by atoms with Gasteiger partial charge in [0.05, 0.1) is 11.2 Å². The molecular weight excluding hydrogens is 436 g/mol. The SMILES string of the molecule is CC(C)(O)C1Cc2cc(C3=C(O)/C(=C/c4ccc5c(c4)C[C@@H](C(C)(C)O)O5)OC3=O)ccc2O1. The molecule has 3 aliphatic heterocycles. The van der Waals surface area contributed by atoms with Gasteiger partial charge in [0.2, 0.25) is 0 Å². The molecule has 0 radical (unpaired) electrons. The zero-order valence-electron chi connectivity index (χ0n) is 19.6. The van der Waals surface area contributed by atoms with Crippen molar-refractivity contribution in [2.24, 2.45) is 0 Å². The molecule has 0 amide bonds. The number of carbonyl (C=O) groups excluding carboxylic acids is 1. The first-order valence-corrected chi connectivity index (χ1v) is 11.3. The number of esters is 1. The molecule has 5 rings (SSSR count). The largest absolute Gasteiger partial charge is 0.504 e. The average Bonchev–Trinajstić information content (AvgIpc) is 3.42. The Hall–Kier alpha value is -3.29. The monoisotopic (exact) mass is 464 g/mol. The predicted octanol–water partition coefficient (Wildman–Crippen LogP) is 3.70. The van der Waals surface area contributed by atoms with Gasteiger partial charge in [0.25, 0.3) is 0 Å². The number of aliphatic hydroxyl groups excluding tert-OH is 1. The fraction of sp³-hybridized carbons (Fsp3) is 0.370. The third-order valence-electron chi connectivity index (χ3n) is 6.53. The molecule has 34 heavy (non-hydrogen) atoms. The van der Waals surface area contributed by atoms with Gasteiger partial charge in [0.15, 0.2) is 11.5 Å². The summed E-state index contributed by atoms with van der Waals surface area (Å²) in [4.78, 5) is 12.7. The molecule has 2 aromatic rings. The third kappa shape index (κ3) is 3.95. The summed E-state index contributed by atoms with van der Waals surface area (Å²) in [6, 6.07) is 10.7. The van der Waals surface area contributed by atoms with E-state index >= 15 is 0 Å². The Morgan fingerprint density at radius 1 is 0.882 bits per heavy atom. The second kappa shape index (κ2) is 7.61. The Morgan fingerprint density at radius 2 is 1.44 bits per heavy atom. The van der Waals surface area contributed by atoms with E-state index < -0.39 is 17.2 Å². The lowest BCUT2D eigenvalue weighted by molar-refractivity contribution is -0.131. The van der Waals surface area contributed by atoms with Crippen LogP contribution in [0.1, 0.15) is 49.9 Å². The van der Waals surface area contributed by atoms with Crippen molar-refractivity contribution in [3.8, 4) is 11.5 Å². The number of aliphatic hydroxyl groups is 3. The van der Waals surface area contributed by atoms with Crippen LogP contribution in [0.15, 0.2) is 47.9 Å². The molecule has 0 bridgehead atoms. The van der Waals surface area contributed by atoms with Crippen LogP contribution in [0.3, 0.4) is 0 Å². The van der Waals surface area contributed by atoms with Crippen molar-refractivity contribution in [1.29, 1.82) is 0 Å². The summed E-state index contributed by atoms with van der Waals surface area (Å²) >= 11 is 0. The number of hydrogen-bond acceptors (Lipinski definition) is 7. The lowest BCUT2D eigenvalue weighted by Crippen LogP contribution is -2.39. The van der Waals surface area contributed by atoms with Crippen molar-refractivity contribution in [2.75, 3.05) is 0 Å². The van der Waals surface area contributed by atoms with Crippen LogP contribution in [0.2, 0.25) is 0 Å². The first kappa shape index (κ1) is 22.5. The van der Waals surface area contributed by atoms with E-state index in [9.17, 15) is 20.1 Å². The number of fused-ring (bicyclic) bond motifs is 2. The van der Waals surface area contributed by atoms with Crippen LogP contribution in [0.5, 0.6) is 11.5 Å². The van der Waals surface area contributed by atoms with Crippen molar-refractivity contribution in [3.05, 3.63) is 70.2 Å². The molecule has 0 fully saturated rings. The Morgan fingerprint density at radius 3 is 2.03 bits per heavy atom. The van der Waals surface area contributed by atoms with Crippen molar-refractivity contribution in [1.82, 2.24) is 0 Å². The summed E-state index contributed by atoms with van der Waals surface area (Å²) < 4.78 is 17.0. The fourth-order valence-corrected chi connectivity index (χ4v) is 4.47. The number of cyclic esters (lactones) is 1. The first-order valence-electron chi connectivity index (χ1n) is 11.3. The molecule has 0 spiro atoms. The van der Waals surface area contributed by atoms with Crippen LogP contribution in [-0.2, 0) is 22.4 Å². The van der Waals surface area contributed by atoms with Crippen LogP contribution in [-0.4, -0.2) is 44.7 Å². The predicted molar refractivity (Wildman–Crippen MR) is 125 cm³/mol. The minimum atomic E-state index is -1.00. The summed E-state index contributed by atoms with van der Waals surface area (Å²) in [5, 5.41) is 31.4. The summed E-state index contributed by atoms with van der Waals surface area (Å²) in [6.45, 7) is 6.82. The van der Waals surface area contributed by atoms with E-state index in [0.29, 0.717) is 29.9 Å². The molecule has 1 unspecified atom stereocenters. The van der Waals surface area contributed by atoms with Gasteiger partial charge in [-0.25, -0.2) is 4.79 Å². The molecule has 3 aliphatic rings. The van der Waals surface area contributed by atoms with Gasteiger partial charge in [-0.1, -0.05) is 12.1 Å². The van der Waals surface area contributed by atoms with Gasteiger partial charge in [0.1, 0.15) is 29.3 Å². The van der Waals surface area contributed by atoms with Crippen molar-refractivity contribution in [2.45, 2.75) is 63.9 Å². The summed E-state index contributed by atoms with van der Waals surface area (Å²) in [7, 11) is 0. The van der Waals surface area contributed by atoms with Crippen molar-refractivity contribution < 1.29 is 34.3 Å². The van der Waals surface area contributed by atoms with Gasteiger partial charge in [-0.05, 0) is 80.3 Å². The van der Waals surface area contributed by atoms with Gasteiger partial charge in [-0.2, -0.15) is 0 Å². The second-order valence-electron chi connectivity index (χ2n) is 10.2.